The number of nitrogens with zero attached hydrogens (tertiary/aromatic N) is 3. The Kier molecular flexibility index (Phi) is 8.95. The first-order valence-corrected chi connectivity index (χ1v) is 16.3. The molecule has 2 aliphatic rings. The summed E-state index contributed by atoms with van der Waals surface area (Å²) in [6, 6.07) is 7.29. The Hall–Kier alpha value is -2.97. The lowest BCUT2D eigenvalue weighted by Gasteiger charge is -2.27. The number of fused-ring (bicyclic) bond motifs is 1. The Bertz CT molecular complexity index is 1530. The normalized spacial score (nSPS) is 16.9. The van der Waals surface area contributed by atoms with Crippen molar-refractivity contribution in [3.8, 4) is 10.6 Å². The van der Waals surface area contributed by atoms with E-state index in [-0.39, 0.29) is 28.2 Å². The zero-order valence-electron chi connectivity index (χ0n) is 23.1. The number of aryl methyl sites for hydroxylation is 1. The number of amides is 1. The summed E-state index contributed by atoms with van der Waals surface area (Å²) in [5.74, 6) is -0.515. The summed E-state index contributed by atoms with van der Waals surface area (Å²) in [4.78, 5) is 15.7. The molecule has 2 N–H and O–H groups in total. The predicted octanol–water partition coefficient (Wildman–Crippen LogP) is 5.10. The number of hydrogen-bond donors (Lipinski definition) is 2. The van der Waals surface area contributed by atoms with Crippen LogP contribution in [0.15, 0.2) is 40.6 Å². The minimum Gasteiger partial charge on any atom is -0.369 e. The molecule has 3 aromatic rings. The highest BCUT2D eigenvalue weighted by atomic mass is 32.2. The van der Waals surface area contributed by atoms with Gasteiger partial charge in [-0.15, -0.1) is 11.3 Å². The van der Waals surface area contributed by atoms with Crippen molar-refractivity contribution in [2.75, 3.05) is 24.5 Å². The van der Waals surface area contributed by atoms with Crippen LogP contribution >= 0.6 is 11.3 Å². The zero-order chi connectivity index (χ0) is 30.1. The highest BCUT2D eigenvalue weighted by Gasteiger charge is 2.35. The van der Waals surface area contributed by atoms with E-state index >= 15 is 0 Å². The van der Waals surface area contributed by atoms with Gasteiger partial charge in [-0.2, -0.15) is 23.0 Å². The van der Waals surface area contributed by atoms with Crippen LogP contribution in [0.4, 0.5) is 23.2 Å². The van der Waals surface area contributed by atoms with Crippen molar-refractivity contribution in [3.63, 3.8) is 0 Å². The van der Waals surface area contributed by atoms with Crippen molar-refractivity contribution in [2.24, 2.45) is 13.0 Å². The standard InChI is InChI=1S/C28H33F4N5O3S2/c1-36-23(17-25(34-36)28(30,31)32)24-9-10-26(41-24)42(39,40)35-21(15-18-5-3-2-4-6-18)27(38)33-12-14-37-13-11-19-16-20(29)7-8-22(19)37/h7-10,16-18,21,35H,2-6,11-15H2,1H3,(H,33,38)/t21-/m0/s1. The Labute approximate surface area is 246 Å². The maximum absolute atomic E-state index is 13.6. The number of benzene rings is 1. The van der Waals surface area contributed by atoms with Gasteiger partial charge in [0.15, 0.2) is 5.69 Å². The van der Waals surface area contributed by atoms with Gasteiger partial charge >= 0.3 is 6.18 Å². The summed E-state index contributed by atoms with van der Waals surface area (Å²) >= 11 is 0.816. The first-order chi connectivity index (χ1) is 19.9. The fraction of sp³-hybridized carbons (Fsp3) is 0.500. The van der Waals surface area contributed by atoms with Crippen molar-refractivity contribution in [2.45, 2.75) is 61.4 Å². The van der Waals surface area contributed by atoms with E-state index in [9.17, 15) is 30.8 Å². The number of anilines is 1. The number of nitrogens with one attached hydrogen (secondary N) is 2. The summed E-state index contributed by atoms with van der Waals surface area (Å²) in [7, 11) is -2.79. The monoisotopic (exact) mass is 627 g/mol. The van der Waals surface area contributed by atoms with E-state index in [2.05, 4.69) is 20.0 Å². The number of rotatable bonds is 10. The van der Waals surface area contributed by atoms with Crippen molar-refractivity contribution in [1.82, 2.24) is 19.8 Å². The molecule has 0 unspecified atom stereocenters. The first-order valence-electron chi connectivity index (χ1n) is 14.0. The quantitative estimate of drug-likeness (QED) is 0.305. The van der Waals surface area contributed by atoms with Crippen LogP contribution in [0.5, 0.6) is 0 Å². The van der Waals surface area contributed by atoms with Crippen LogP contribution in [0.3, 0.4) is 0 Å². The van der Waals surface area contributed by atoms with Gasteiger partial charge < -0.3 is 10.2 Å². The molecule has 1 amide bonds. The molecule has 1 aromatic carbocycles. The molecule has 8 nitrogen and oxygen atoms in total. The van der Waals surface area contributed by atoms with Crippen LogP contribution in [0.2, 0.25) is 0 Å². The lowest BCUT2D eigenvalue weighted by molar-refractivity contribution is -0.141. The summed E-state index contributed by atoms with van der Waals surface area (Å²) in [6.45, 7) is 1.48. The summed E-state index contributed by atoms with van der Waals surface area (Å²) in [6.07, 6.45) is 1.44. The molecule has 1 fully saturated rings. The van der Waals surface area contributed by atoms with E-state index in [1.54, 1.807) is 6.07 Å². The van der Waals surface area contributed by atoms with E-state index in [4.69, 9.17) is 0 Å². The van der Waals surface area contributed by atoms with Crippen LogP contribution in [0, 0.1) is 11.7 Å². The number of sulfonamides is 1. The third-order valence-electron chi connectivity index (χ3n) is 7.89. The van der Waals surface area contributed by atoms with Gasteiger partial charge in [0.1, 0.15) is 16.1 Å². The molecule has 3 heterocycles. The van der Waals surface area contributed by atoms with Crippen LogP contribution in [-0.4, -0.2) is 49.8 Å². The van der Waals surface area contributed by atoms with Crippen LogP contribution in [0.25, 0.3) is 10.6 Å². The molecule has 0 bridgehead atoms. The van der Waals surface area contributed by atoms with Gasteiger partial charge in [-0.05, 0) is 60.7 Å². The molecule has 1 aliphatic carbocycles. The number of alkyl halides is 3. The zero-order valence-corrected chi connectivity index (χ0v) is 24.7. The Balaban J connectivity index is 1.27. The maximum atomic E-state index is 13.6. The molecular formula is C28H33F4N5O3S2. The second-order valence-corrected chi connectivity index (χ2v) is 13.9. The molecule has 5 rings (SSSR count). The third kappa shape index (κ3) is 6.97. The predicted molar refractivity (Wildman–Crippen MR) is 152 cm³/mol. The fourth-order valence-corrected chi connectivity index (χ4v) is 8.34. The molecular weight excluding hydrogens is 594 g/mol. The Morgan fingerprint density at radius 3 is 2.62 bits per heavy atom. The Morgan fingerprint density at radius 2 is 1.90 bits per heavy atom. The minimum atomic E-state index is -4.63. The molecule has 1 saturated carbocycles. The van der Waals surface area contributed by atoms with Crippen molar-refractivity contribution < 1.29 is 30.8 Å². The SMILES string of the molecule is Cn1nc(C(F)(F)F)cc1-c1ccc(S(=O)(=O)N[C@@H](CC2CCCCC2)C(=O)NCCN2CCc3cc(F)ccc32)s1. The lowest BCUT2D eigenvalue weighted by atomic mass is 9.85. The van der Waals surface area contributed by atoms with Gasteiger partial charge in [0.2, 0.25) is 5.91 Å². The molecule has 1 aliphatic heterocycles. The topological polar surface area (TPSA) is 96.3 Å². The van der Waals surface area contributed by atoms with Crippen LogP contribution in [-0.2, 0) is 34.5 Å². The molecule has 1 atom stereocenters. The van der Waals surface area contributed by atoms with E-state index < -0.39 is 33.8 Å². The number of thiophene rings is 1. The van der Waals surface area contributed by atoms with Gasteiger partial charge in [0.05, 0.1) is 10.6 Å². The summed E-state index contributed by atoms with van der Waals surface area (Å²) in [5.41, 5.74) is 0.913. The third-order valence-corrected chi connectivity index (χ3v) is 11.0. The number of carbonyl (C=O) groups is 1. The van der Waals surface area contributed by atoms with Crippen molar-refractivity contribution in [3.05, 3.63) is 53.5 Å². The average Bonchev–Trinajstić information content (AvgIpc) is 3.67. The maximum Gasteiger partial charge on any atom is 0.435 e. The average molecular weight is 628 g/mol. The number of halogens is 4. The molecule has 2 aromatic heterocycles. The summed E-state index contributed by atoms with van der Waals surface area (Å²) in [5, 5.41) is 6.37. The van der Waals surface area contributed by atoms with Gasteiger partial charge in [0, 0.05) is 32.4 Å². The van der Waals surface area contributed by atoms with E-state index in [0.717, 1.165) is 65.4 Å². The van der Waals surface area contributed by atoms with E-state index in [1.165, 1.54) is 31.3 Å². The number of aromatic nitrogens is 2. The number of carbonyl (C=O) groups excluding carboxylic acids is 1. The van der Waals surface area contributed by atoms with Gasteiger partial charge in [-0.1, -0.05) is 32.1 Å². The fourth-order valence-electron chi connectivity index (χ4n) is 5.76. The molecule has 228 valence electrons. The van der Waals surface area contributed by atoms with E-state index in [0.29, 0.717) is 30.8 Å². The smallest absolute Gasteiger partial charge is 0.369 e. The highest BCUT2D eigenvalue weighted by molar-refractivity contribution is 7.91. The van der Waals surface area contributed by atoms with E-state index in [1.807, 2.05) is 0 Å². The largest absolute Gasteiger partial charge is 0.435 e. The van der Waals surface area contributed by atoms with Crippen LogP contribution in [0.1, 0.15) is 49.8 Å². The van der Waals surface area contributed by atoms with Gasteiger partial charge in [0.25, 0.3) is 10.0 Å². The lowest BCUT2D eigenvalue weighted by Crippen LogP contribution is -2.49. The number of hydrogen-bond acceptors (Lipinski definition) is 6. The van der Waals surface area contributed by atoms with Crippen LogP contribution < -0.4 is 14.9 Å². The molecule has 0 radical (unpaired) electrons. The molecule has 42 heavy (non-hydrogen) atoms. The second kappa shape index (κ2) is 12.3. The van der Waals surface area contributed by atoms with Gasteiger partial charge in [-0.25, -0.2) is 12.8 Å². The van der Waals surface area contributed by atoms with Gasteiger partial charge in [-0.3, -0.25) is 9.48 Å². The van der Waals surface area contributed by atoms with Crippen molar-refractivity contribution >= 4 is 33.0 Å². The second-order valence-electron chi connectivity index (χ2n) is 10.9. The summed E-state index contributed by atoms with van der Waals surface area (Å²) < 4.78 is 83.3. The Morgan fingerprint density at radius 1 is 1.14 bits per heavy atom. The van der Waals surface area contributed by atoms with Crippen molar-refractivity contribution in [1.29, 1.82) is 0 Å². The highest BCUT2D eigenvalue weighted by Crippen LogP contribution is 2.36. The minimum absolute atomic E-state index is 0.102. The first kappa shape index (κ1) is 30.5. The molecule has 0 spiro atoms. The molecule has 14 heteroatoms. The molecule has 0 saturated heterocycles.